The van der Waals surface area contributed by atoms with Gasteiger partial charge in [-0.2, -0.15) is 0 Å². The molecule has 0 spiro atoms. The Morgan fingerprint density at radius 2 is 1.83 bits per heavy atom. The van der Waals surface area contributed by atoms with Crippen molar-refractivity contribution >= 4 is 0 Å². The fourth-order valence-corrected chi connectivity index (χ4v) is 3.48. The Labute approximate surface area is 145 Å². The van der Waals surface area contributed by atoms with E-state index in [1.54, 1.807) is 0 Å². The summed E-state index contributed by atoms with van der Waals surface area (Å²) in [5.74, 6) is 1.53. The molecule has 24 heavy (non-hydrogen) atoms. The van der Waals surface area contributed by atoms with Crippen molar-refractivity contribution in [3.63, 3.8) is 0 Å². The fraction of sp³-hybridized carbons (Fsp3) is 0.455. The van der Waals surface area contributed by atoms with Gasteiger partial charge in [0, 0.05) is 0 Å². The molecule has 1 aliphatic heterocycles. The van der Waals surface area contributed by atoms with E-state index in [0.717, 1.165) is 25.0 Å². The van der Waals surface area contributed by atoms with E-state index in [1.807, 2.05) is 18.2 Å². The van der Waals surface area contributed by atoms with Crippen molar-refractivity contribution in [1.82, 2.24) is 0 Å². The lowest BCUT2D eigenvalue weighted by Crippen LogP contribution is -2.06. The number of rotatable bonds is 8. The van der Waals surface area contributed by atoms with Gasteiger partial charge < -0.3 is 9.47 Å². The van der Waals surface area contributed by atoms with Gasteiger partial charge in [0.1, 0.15) is 12.4 Å². The Morgan fingerprint density at radius 3 is 2.46 bits per heavy atom. The SMILES string of the molecule is CCC(CC1OC1CC)c1ccc(OCc2ccccc2)cc1C. The Hall–Kier alpha value is -1.80. The van der Waals surface area contributed by atoms with Gasteiger partial charge in [0.15, 0.2) is 0 Å². The van der Waals surface area contributed by atoms with E-state index >= 15 is 0 Å². The van der Waals surface area contributed by atoms with Crippen LogP contribution in [0, 0.1) is 6.92 Å². The van der Waals surface area contributed by atoms with Crippen LogP contribution in [0.1, 0.15) is 55.7 Å². The first-order valence-corrected chi connectivity index (χ1v) is 9.14. The molecular formula is C22H28O2. The first-order chi connectivity index (χ1) is 11.7. The lowest BCUT2D eigenvalue weighted by molar-refractivity contribution is 0.305. The number of ether oxygens (including phenoxy) is 2. The van der Waals surface area contributed by atoms with Crippen LogP contribution in [0.5, 0.6) is 5.75 Å². The minimum atomic E-state index is 0.466. The van der Waals surface area contributed by atoms with E-state index in [1.165, 1.54) is 16.7 Å². The Balaban J connectivity index is 1.63. The molecule has 1 heterocycles. The van der Waals surface area contributed by atoms with Crippen LogP contribution in [0.3, 0.4) is 0 Å². The lowest BCUT2D eigenvalue weighted by Gasteiger charge is -2.18. The summed E-state index contributed by atoms with van der Waals surface area (Å²) in [5, 5.41) is 0. The number of benzene rings is 2. The average molecular weight is 324 g/mol. The first kappa shape index (κ1) is 17.0. The maximum absolute atomic E-state index is 5.94. The molecule has 0 N–H and O–H groups in total. The van der Waals surface area contributed by atoms with Crippen LogP contribution < -0.4 is 4.74 Å². The van der Waals surface area contributed by atoms with Crippen LogP contribution in [0.4, 0.5) is 0 Å². The second-order valence-electron chi connectivity index (χ2n) is 6.75. The number of hydrogen-bond donors (Lipinski definition) is 0. The molecule has 3 unspecified atom stereocenters. The molecular weight excluding hydrogens is 296 g/mol. The minimum absolute atomic E-state index is 0.466. The van der Waals surface area contributed by atoms with Crippen molar-refractivity contribution in [1.29, 1.82) is 0 Å². The third-order valence-corrected chi connectivity index (χ3v) is 5.03. The second-order valence-corrected chi connectivity index (χ2v) is 6.75. The van der Waals surface area contributed by atoms with E-state index in [0.29, 0.717) is 24.7 Å². The molecule has 1 fully saturated rings. The van der Waals surface area contributed by atoms with Crippen LogP contribution in [-0.2, 0) is 11.3 Å². The molecule has 3 atom stereocenters. The predicted octanol–water partition coefficient (Wildman–Crippen LogP) is 5.64. The standard InChI is InChI=1S/C22H28O2/c1-4-18(14-22-21(5-2)24-22)20-12-11-19(13-16(20)3)23-15-17-9-7-6-8-10-17/h6-13,18,21-22H,4-5,14-15H2,1-3H3. The van der Waals surface area contributed by atoms with Crippen LogP contribution in [0.25, 0.3) is 0 Å². The predicted molar refractivity (Wildman–Crippen MR) is 98.6 cm³/mol. The third-order valence-electron chi connectivity index (χ3n) is 5.03. The highest BCUT2D eigenvalue weighted by Gasteiger charge is 2.38. The van der Waals surface area contributed by atoms with Gasteiger partial charge in [0.05, 0.1) is 12.2 Å². The van der Waals surface area contributed by atoms with Gasteiger partial charge in [0.25, 0.3) is 0 Å². The van der Waals surface area contributed by atoms with Crippen molar-refractivity contribution in [2.75, 3.05) is 0 Å². The molecule has 2 aromatic rings. The molecule has 0 amide bonds. The lowest BCUT2D eigenvalue weighted by atomic mass is 9.88. The van der Waals surface area contributed by atoms with E-state index in [2.05, 4.69) is 51.1 Å². The molecule has 0 aromatic heterocycles. The number of hydrogen-bond acceptors (Lipinski definition) is 2. The molecule has 3 rings (SSSR count). The van der Waals surface area contributed by atoms with E-state index in [4.69, 9.17) is 9.47 Å². The monoisotopic (exact) mass is 324 g/mol. The summed E-state index contributed by atoms with van der Waals surface area (Å²) in [4.78, 5) is 0. The molecule has 1 aliphatic rings. The normalized spacial score (nSPS) is 20.6. The second kappa shape index (κ2) is 7.85. The zero-order valence-electron chi connectivity index (χ0n) is 15.0. The van der Waals surface area contributed by atoms with Crippen molar-refractivity contribution in [2.45, 2.75) is 64.8 Å². The Morgan fingerprint density at radius 1 is 1.04 bits per heavy atom. The topological polar surface area (TPSA) is 21.8 Å². The zero-order chi connectivity index (χ0) is 16.9. The maximum Gasteiger partial charge on any atom is 0.120 e. The van der Waals surface area contributed by atoms with Gasteiger partial charge in [-0.05, 0) is 60.9 Å². The van der Waals surface area contributed by atoms with Crippen LogP contribution in [-0.4, -0.2) is 12.2 Å². The molecule has 0 aliphatic carbocycles. The van der Waals surface area contributed by atoms with Gasteiger partial charge in [-0.25, -0.2) is 0 Å². The molecule has 2 nitrogen and oxygen atoms in total. The molecule has 2 aromatic carbocycles. The summed E-state index contributed by atoms with van der Waals surface area (Å²) in [7, 11) is 0. The van der Waals surface area contributed by atoms with Crippen molar-refractivity contribution in [2.24, 2.45) is 0 Å². The number of epoxide rings is 1. The van der Waals surface area contributed by atoms with Crippen LogP contribution >= 0.6 is 0 Å². The molecule has 2 heteroatoms. The first-order valence-electron chi connectivity index (χ1n) is 9.14. The highest BCUT2D eigenvalue weighted by atomic mass is 16.6. The van der Waals surface area contributed by atoms with Crippen LogP contribution in [0.2, 0.25) is 0 Å². The summed E-state index contributed by atoms with van der Waals surface area (Å²) in [6.07, 6.45) is 4.38. The maximum atomic E-state index is 5.94. The van der Waals surface area contributed by atoms with Gasteiger partial charge in [-0.1, -0.05) is 50.2 Å². The summed E-state index contributed by atoms with van der Waals surface area (Å²) in [6, 6.07) is 16.8. The molecule has 0 saturated carbocycles. The molecule has 0 bridgehead atoms. The van der Waals surface area contributed by atoms with Gasteiger partial charge in [-0.15, -0.1) is 0 Å². The third kappa shape index (κ3) is 4.18. The van der Waals surface area contributed by atoms with E-state index < -0.39 is 0 Å². The average Bonchev–Trinajstić information content (AvgIpc) is 3.37. The van der Waals surface area contributed by atoms with Crippen molar-refractivity contribution in [3.8, 4) is 5.75 Å². The van der Waals surface area contributed by atoms with Gasteiger partial charge in [-0.3, -0.25) is 0 Å². The Bertz CT molecular complexity index is 650. The van der Waals surface area contributed by atoms with E-state index in [-0.39, 0.29) is 0 Å². The van der Waals surface area contributed by atoms with Gasteiger partial charge >= 0.3 is 0 Å². The smallest absolute Gasteiger partial charge is 0.120 e. The highest BCUT2D eigenvalue weighted by Crippen LogP contribution is 2.37. The minimum Gasteiger partial charge on any atom is -0.489 e. The van der Waals surface area contributed by atoms with Crippen molar-refractivity contribution < 1.29 is 9.47 Å². The quantitative estimate of drug-likeness (QED) is 0.587. The van der Waals surface area contributed by atoms with Gasteiger partial charge in [0.2, 0.25) is 0 Å². The summed E-state index contributed by atoms with van der Waals surface area (Å²) >= 11 is 0. The number of aryl methyl sites for hydroxylation is 1. The summed E-state index contributed by atoms with van der Waals surface area (Å²) < 4.78 is 11.7. The highest BCUT2D eigenvalue weighted by molar-refractivity contribution is 5.37. The fourth-order valence-electron chi connectivity index (χ4n) is 3.48. The molecule has 1 saturated heterocycles. The molecule has 128 valence electrons. The summed E-state index contributed by atoms with van der Waals surface area (Å²) in [6.45, 7) is 7.28. The largest absolute Gasteiger partial charge is 0.489 e. The van der Waals surface area contributed by atoms with Crippen molar-refractivity contribution in [3.05, 3.63) is 65.2 Å². The van der Waals surface area contributed by atoms with E-state index in [9.17, 15) is 0 Å². The zero-order valence-corrected chi connectivity index (χ0v) is 15.0. The Kier molecular flexibility index (Phi) is 5.57. The summed E-state index contributed by atoms with van der Waals surface area (Å²) in [5.41, 5.74) is 3.96. The van der Waals surface area contributed by atoms with Crippen LogP contribution in [0.15, 0.2) is 48.5 Å². The molecule has 0 radical (unpaired) electrons.